The Hall–Kier alpha value is -1.69. The fraction of sp³-hybridized carbons (Fsp3) is 0.583. The van der Waals surface area contributed by atoms with E-state index in [1.807, 2.05) is 4.90 Å². The zero-order valence-corrected chi connectivity index (χ0v) is 10.3. The molecule has 1 saturated heterocycles. The highest BCUT2D eigenvalue weighted by Crippen LogP contribution is 2.25. The maximum atomic E-state index is 11.1. The van der Waals surface area contributed by atoms with Gasteiger partial charge in [0.2, 0.25) is 0 Å². The van der Waals surface area contributed by atoms with E-state index in [0.717, 1.165) is 12.8 Å². The number of aliphatic hydroxyl groups is 1. The molecule has 0 spiro atoms. The van der Waals surface area contributed by atoms with Crippen LogP contribution in [0.1, 0.15) is 30.1 Å². The molecule has 18 heavy (non-hydrogen) atoms. The van der Waals surface area contributed by atoms with E-state index in [-0.39, 0.29) is 17.6 Å². The van der Waals surface area contributed by atoms with Gasteiger partial charge in [-0.1, -0.05) is 0 Å². The van der Waals surface area contributed by atoms with Gasteiger partial charge in [0.15, 0.2) is 0 Å². The maximum absolute atomic E-state index is 11.1. The largest absolute Gasteiger partial charge is 0.477 e. The van der Waals surface area contributed by atoms with Crippen molar-refractivity contribution in [3.63, 3.8) is 0 Å². The van der Waals surface area contributed by atoms with E-state index in [4.69, 9.17) is 5.11 Å². The Morgan fingerprint density at radius 2 is 2.17 bits per heavy atom. The van der Waals surface area contributed by atoms with Crippen LogP contribution in [0.15, 0.2) is 12.5 Å². The van der Waals surface area contributed by atoms with Gasteiger partial charge in [-0.05, 0) is 25.7 Å². The predicted octanol–water partition coefficient (Wildman–Crippen LogP) is 0.772. The van der Waals surface area contributed by atoms with Gasteiger partial charge < -0.3 is 15.1 Å². The van der Waals surface area contributed by atoms with E-state index in [1.54, 1.807) is 6.92 Å². The Labute approximate surface area is 105 Å². The number of carboxylic acid groups (broad SMARTS) is 1. The standard InChI is InChI=1S/C12H17N3O3/c1-8(16)9-2-4-15(5-3-9)11-10(12(17)18)6-13-7-14-11/h6-9,16H,2-5H2,1H3,(H,17,18). The molecule has 0 aliphatic carbocycles. The van der Waals surface area contributed by atoms with Crippen LogP contribution < -0.4 is 4.90 Å². The Kier molecular flexibility index (Phi) is 3.76. The summed E-state index contributed by atoms with van der Waals surface area (Å²) >= 11 is 0. The highest BCUT2D eigenvalue weighted by molar-refractivity contribution is 5.92. The lowest BCUT2D eigenvalue weighted by molar-refractivity contribution is 0.0695. The van der Waals surface area contributed by atoms with E-state index in [0.29, 0.717) is 18.9 Å². The zero-order chi connectivity index (χ0) is 13.1. The molecule has 6 heteroatoms. The number of hydrogen-bond donors (Lipinski definition) is 2. The van der Waals surface area contributed by atoms with Gasteiger partial charge in [-0.3, -0.25) is 0 Å². The number of carboxylic acids is 1. The number of aromatic carboxylic acids is 1. The average Bonchev–Trinajstić information content (AvgIpc) is 2.39. The molecule has 98 valence electrons. The summed E-state index contributed by atoms with van der Waals surface area (Å²) in [5.74, 6) is -0.249. The van der Waals surface area contributed by atoms with Crippen LogP contribution in [0.3, 0.4) is 0 Å². The van der Waals surface area contributed by atoms with Crippen molar-refractivity contribution in [3.8, 4) is 0 Å². The van der Waals surface area contributed by atoms with E-state index in [2.05, 4.69) is 9.97 Å². The second-order valence-corrected chi connectivity index (χ2v) is 4.63. The molecule has 0 aromatic carbocycles. The summed E-state index contributed by atoms with van der Waals surface area (Å²) in [5.41, 5.74) is 0.132. The highest BCUT2D eigenvalue weighted by atomic mass is 16.4. The van der Waals surface area contributed by atoms with Crippen LogP contribution >= 0.6 is 0 Å². The molecule has 1 aliphatic heterocycles. The minimum absolute atomic E-state index is 0.132. The van der Waals surface area contributed by atoms with Gasteiger partial charge in [-0.2, -0.15) is 0 Å². The van der Waals surface area contributed by atoms with Gasteiger partial charge >= 0.3 is 5.97 Å². The lowest BCUT2D eigenvalue weighted by Crippen LogP contribution is -2.38. The number of nitrogens with zero attached hydrogens (tertiary/aromatic N) is 3. The van der Waals surface area contributed by atoms with Gasteiger partial charge in [0.25, 0.3) is 0 Å². The summed E-state index contributed by atoms with van der Waals surface area (Å²) < 4.78 is 0. The molecule has 0 radical (unpaired) electrons. The third kappa shape index (κ3) is 2.59. The third-order valence-electron chi connectivity index (χ3n) is 3.44. The molecule has 6 nitrogen and oxygen atoms in total. The lowest BCUT2D eigenvalue weighted by atomic mass is 9.92. The van der Waals surface area contributed by atoms with Gasteiger partial charge in [0, 0.05) is 19.3 Å². The molecule has 2 heterocycles. The van der Waals surface area contributed by atoms with Crippen LogP contribution in [0.4, 0.5) is 5.82 Å². The molecule has 1 aromatic rings. The van der Waals surface area contributed by atoms with Crippen LogP contribution in [0, 0.1) is 5.92 Å². The Morgan fingerprint density at radius 3 is 2.72 bits per heavy atom. The normalized spacial score (nSPS) is 18.7. The number of aliphatic hydroxyl groups excluding tert-OH is 1. The maximum Gasteiger partial charge on any atom is 0.341 e. The summed E-state index contributed by atoms with van der Waals surface area (Å²) in [6.07, 6.45) is 4.08. The first-order chi connectivity index (χ1) is 8.59. The van der Waals surface area contributed by atoms with Crippen LogP contribution in [0.5, 0.6) is 0 Å². The molecule has 1 aromatic heterocycles. The molecule has 0 amide bonds. The summed E-state index contributed by atoms with van der Waals surface area (Å²) in [6.45, 7) is 3.23. The fourth-order valence-electron chi connectivity index (χ4n) is 2.32. The molecule has 2 rings (SSSR count). The molecule has 1 atom stereocenters. The minimum Gasteiger partial charge on any atom is -0.477 e. The Balaban J connectivity index is 2.12. The topological polar surface area (TPSA) is 86.5 Å². The molecule has 0 saturated carbocycles. The summed E-state index contributed by atoms with van der Waals surface area (Å²) in [7, 11) is 0. The Morgan fingerprint density at radius 1 is 1.50 bits per heavy atom. The highest BCUT2D eigenvalue weighted by Gasteiger charge is 2.25. The van der Waals surface area contributed by atoms with Crippen molar-refractivity contribution in [2.24, 2.45) is 5.92 Å². The van der Waals surface area contributed by atoms with Crippen LogP contribution in [0.2, 0.25) is 0 Å². The number of rotatable bonds is 3. The zero-order valence-electron chi connectivity index (χ0n) is 10.3. The number of anilines is 1. The molecule has 1 unspecified atom stereocenters. The number of piperidine rings is 1. The number of hydrogen-bond acceptors (Lipinski definition) is 5. The molecule has 2 N–H and O–H groups in total. The van der Waals surface area contributed by atoms with Crippen molar-refractivity contribution in [1.29, 1.82) is 0 Å². The molecular formula is C12H17N3O3. The second-order valence-electron chi connectivity index (χ2n) is 4.63. The SMILES string of the molecule is CC(O)C1CCN(c2ncncc2C(=O)O)CC1. The van der Waals surface area contributed by atoms with Gasteiger partial charge in [0.1, 0.15) is 17.7 Å². The van der Waals surface area contributed by atoms with Gasteiger partial charge in [0.05, 0.1) is 6.10 Å². The van der Waals surface area contributed by atoms with Crippen LogP contribution in [-0.2, 0) is 0 Å². The van der Waals surface area contributed by atoms with Crippen molar-refractivity contribution in [2.45, 2.75) is 25.9 Å². The first-order valence-corrected chi connectivity index (χ1v) is 6.06. The van der Waals surface area contributed by atoms with E-state index < -0.39 is 5.97 Å². The van der Waals surface area contributed by atoms with Gasteiger partial charge in [-0.25, -0.2) is 14.8 Å². The molecular weight excluding hydrogens is 234 g/mol. The summed E-state index contributed by atoms with van der Waals surface area (Å²) in [6, 6.07) is 0. The fourth-order valence-corrected chi connectivity index (χ4v) is 2.32. The Bertz CT molecular complexity index is 428. The number of carbonyl (C=O) groups is 1. The van der Waals surface area contributed by atoms with E-state index in [1.165, 1.54) is 12.5 Å². The van der Waals surface area contributed by atoms with Crippen molar-refractivity contribution in [3.05, 3.63) is 18.1 Å². The molecule has 0 bridgehead atoms. The van der Waals surface area contributed by atoms with Crippen LogP contribution in [-0.4, -0.2) is 45.3 Å². The predicted molar refractivity (Wildman–Crippen MR) is 65.6 cm³/mol. The monoisotopic (exact) mass is 251 g/mol. The molecule has 1 fully saturated rings. The van der Waals surface area contributed by atoms with Crippen molar-refractivity contribution in [1.82, 2.24) is 9.97 Å². The summed E-state index contributed by atoms with van der Waals surface area (Å²) in [5, 5.41) is 18.6. The van der Waals surface area contributed by atoms with Crippen LogP contribution in [0.25, 0.3) is 0 Å². The lowest BCUT2D eigenvalue weighted by Gasteiger charge is -2.34. The van der Waals surface area contributed by atoms with Crippen molar-refractivity contribution < 1.29 is 15.0 Å². The molecule has 1 aliphatic rings. The van der Waals surface area contributed by atoms with E-state index >= 15 is 0 Å². The van der Waals surface area contributed by atoms with Gasteiger partial charge in [-0.15, -0.1) is 0 Å². The van der Waals surface area contributed by atoms with Crippen molar-refractivity contribution in [2.75, 3.05) is 18.0 Å². The smallest absolute Gasteiger partial charge is 0.341 e. The number of aromatic nitrogens is 2. The average molecular weight is 251 g/mol. The third-order valence-corrected chi connectivity index (χ3v) is 3.44. The quantitative estimate of drug-likeness (QED) is 0.825. The van der Waals surface area contributed by atoms with Crippen molar-refractivity contribution >= 4 is 11.8 Å². The first-order valence-electron chi connectivity index (χ1n) is 6.06. The minimum atomic E-state index is -1.01. The first kappa shape index (κ1) is 12.8. The summed E-state index contributed by atoms with van der Waals surface area (Å²) in [4.78, 5) is 20.8. The second kappa shape index (κ2) is 5.30. The van der Waals surface area contributed by atoms with E-state index in [9.17, 15) is 9.90 Å².